The standard InChI is InChI=1S/C18H25N3O2/c1-13-18(17-12-23-9-8-20(17)3)14(2)21(19-13)10-15-4-6-16(11-22)7-5-15/h4-7,17,22H,8-12H2,1-3H3. The summed E-state index contributed by atoms with van der Waals surface area (Å²) in [5, 5.41) is 13.9. The van der Waals surface area contributed by atoms with Crippen molar-refractivity contribution in [1.82, 2.24) is 14.7 Å². The molecule has 0 amide bonds. The van der Waals surface area contributed by atoms with E-state index >= 15 is 0 Å². The summed E-state index contributed by atoms with van der Waals surface area (Å²) in [6.07, 6.45) is 0. The molecule has 124 valence electrons. The first kappa shape index (κ1) is 16.2. The number of benzene rings is 1. The minimum absolute atomic E-state index is 0.0817. The van der Waals surface area contributed by atoms with Crippen molar-refractivity contribution in [2.24, 2.45) is 0 Å². The highest BCUT2D eigenvalue weighted by Gasteiger charge is 2.27. The number of likely N-dealkylation sites (N-methyl/N-ethyl adjacent to an activating group) is 1. The lowest BCUT2D eigenvalue weighted by Crippen LogP contribution is -2.37. The first-order valence-corrected chi connectivity index (χ1v) is 8.10. The summed E-state index contributed by atoms with van der Waals surface area (Å²) in [5.41, 5.74) is 5.70. The number of rotatable bonds is 4. The van der Waals surface area contributed by atoms with Crippen molar-refractivity contribution < 1.29 is 9.84 Å². The maximum absolute atomic E-state index is 9.14. The van der Waals surface area contributed by atoms with Crippen LogP contribution in [0.2, 0.25) is 0 Å². The van der Waals surface area contributed by atoms with Gasteiger partial charge in [-0.2, -0.15) is 5.10 Å². The second-order valence-electron chi connectivity index (χ2n) is 6.29. The molecule has 1 atom stereocenters. The van der Waals surface area contributed by atoms with E-state index < -0.39 is 0 Å². The first-order valence-electron chi connectivity index (χ1n) is 8.10. The summed E-state index contributed by atoms with van der Waals surface area (Å²) in [6, 6.07) is 8.32. The molecule has 2 aromatic rings. The van der Waals surface area contributed by atoms with Gasteiger partial charge in [-0.25, -0.2) is 0 Å². The second kappa shape index (κ2) is 6.83. The molecule has 1 aliphatic heterocycles. The van der Waals surface area contributed by atoms with E-state index in [2.05, 4.69) is 42.6 Å². The number of morpholine rings is 1. The number of nitrogens with zero attached hydrogens (tertiary/aromatic N) is 3. The van der Waals surface area contributed by atoms with Gasteiger partial charge >= 0.3 is 0 Å². The maximum atomic E-state index is 9.14. The lowest BCUT2D eigenvalue weighted by molar-refractivity contribution is 0.00457. The molecular weight excluding hydrogens is 290 g/mol. The predicted molar refractivity (Wildman–Crippen MR) is 89.4 cm³/mol. The molecule has 1 saturated heterocycles. The van der Waals surface area contributed by atoms with Gasteiger partial charge in [-0.15, -0.1) is 0 Å². The van der Waals surface area contributed by atoms with Crippen LogP contribution in [0, 0.1) is 13.8 Å². The third-order valence-corrected chi connectivity index (χ3v) is 4.70. The first-order chi connectivity index (χ1) is 11.1. The van der Waals surface area contributed by atoms with E-state index in [0.717, 1.165) is 37.6 Å². The largest absolute Gasteiger partial charge is 0.392 e. The smallest absolute Gasteiger partial charge is 0.0681 e. The van der Waals surface area contributed by atoms with Crippen LogP contribution in [-0.2, 0) is 17.9 Å². The van der Waals surface area contributed by atoms with Gasteiger partial charge in [0, 0.05) is 17.8 Å². The SMILES string of the molecule is Cc1nn(Cc2ccc(CO)cc2)c(C)c1C1COCCN1C. The van der Waals surface area contributed by atoms with Gasteiger partial charge in [0.1, 0.15) is 0 Å². The van der Waals surface area contributed by atoms with Crippen molar-refractivity contribution >= 4 is 0 Å². The van der Waals surface area contributed by atoms with Crippen LogP contribution in [0.1, 0.15) is 34.1 Å². The molecule has 23 heavy (non-hydrogen) atoms. The van der Waals surface area contributed by atoms with Crippen LogP contribution in [0.25, 0.3) is 0 Å². The summed E-state index contributed by atoms with van der Waals surface area (Å²) in [5.74, 6) is 0. The van der Waals surface area contributed by atoms with Gasteiger partial charge in [0.2, 0.25) is 0 Å². The number of hydrogen-bond acceptors (Lipinski definition) is 4. The Labute approximate surface area is 137 Å². The Balaban J connectivity index is 1.84. The molecule has 1 aromatic carbocycles. The summed E-state index contributed by atoms with van der Waals surface area (Å²) in [6.45, 7) is 7.53. The van der Waals surface area contributed by atoms with Gasteiger partial charge in [0.05, 0.1) is 38.1 Å². The maximum Gasteiger partial charge on any atom is 0.0681 e. The Morgan fingerprint density at radius 1 is 1.22 bits per heavy atom. The average Bonchev–Trinajstić information content (AvgIpc) is 2.83. The normalized spacial score (nSPS) is 19.2. The monoisotopic (exact) mass is 315 g/mol. The van der Waals surface area contributed by atoms with Crippen molar-refractivity contribution in [3.8, 4) is 0 Å². The van der Waals surface area contributed by atoms with Gasteiger partial charge in [-0.3, -0.25) is 9.58 Å². The molecule has 0 radical (unpaired) electrons. The fourth-order valence-electron chi connectivity index (χ4n) is 3.26. The summed E-state index contributed by atoms with van der Waals surface area (Å²) >= 11 is 0. The Hall–Kier alpha value is -1.69. The molecule has 1 aromatic heterocycles. The minimum atomic E-state index is 0.0817. The van der Waals surface area contributed by atoms with Crippen LogP contribution >= 0.6 is 0 Å². The fraction of sp³-hybridized carbons (Fsp3) is 0.500. The highest BCUT2D eigenvalue weighted by molar-refractivity contribution is 5.30. The number of aliphatic hydroxyl groups excluding tert-OH is 1. The molecule has 1 N–H and O–H groups in total. The van der Waals surface area contributed by atoms with Crippen molar-refractivity contribution in [3.63, 3.8) is 0 Å². The lowest BCUT2D eigenvalue weighted by atomic mass is 10.0. The highest BCUT2D eigenvalue weighted by atomic mass is 16.5. The molecule has 1 fully saturated rings. The van der Waals surface area contributed by atoms with E-state index in [4.69, 9.17) is 14.9 Å². The molecule has 2 heterocycles. The van der Waals surface area contributed by atoms with E-state index in [9.17, 15) is 0 Å². The van der Waals surface area contributed by atoms with Crippen molar-refractivity contribution in [2.45, 2.75) is 33.0 Å². The molecule has 5 nitrogen and oxygen atoms in total. The topological polar surface area (TPSA) is 50.5 Å². The van der Waals surface area contributed by atoms with Gasteiger partial charge in [-0.05, 0) is 32.0 Å². The van der Waals surface area contributed by atoms with Gasteiger partial charge in [0.15, 0.2) is 0 Å². The third-order valence-electron chi connectivity index (χ3n) is 4.70. The Morgan fingerprint density at radius 3 is 2.57 bits per heavy atom. The summed E-state index contributed by atoms with van der Waals surface area (Å²) in [7, 11) is 2.15. The number of aliphatic hydroxyl groups is 1. The van der Waals surface area contributed by atoms with Gasteiger partial charge in [0.25, 0.3) is 0 Å². The summed E-state index contributed by atoms with van der Waals surface area (Å²) < 4.78 is 7.74. The molecule has 1 unspecified atom stereocenters. The average molecular weight is 315 g/mol. The number of aryl methyl sites for hydroxylation is 1. The molecule has 0 aliphatic carbocycles. The van der Waals surface area contributed by atoms with Crippen molar-refractivity contribution in [2.75, 3.05) is 26.8 Å². The molecular formula is C18H25N3O2. The number of hydrogen-bond donors (Lipinski definition) is 1. The zero-order chi connectivity index (χ0) is 16.4. The molecule has 1 aliphatic rings. The molecule has 0 bridgehead atoms. The van der Waals surface area contributed by atoms with E-state index in [-0.39, 0.29) is 12.6 Å². The van der Waals surface area contributed by atoms with Gasteiger partial charge in [-0.1, -0.05) is 24.3 Å². The van der Waals surface area contributed by atoms with Crippen LogP contribution in [0.5, 0.6) is 0 Å². The zero-order valence-electron chi connectivity index (χ0n) is 14.1. The lowest BCUT2D eigenvalue weighted by Gasteiger charge is -2.32. The van der Waals surface area contributed by atoms with Crippen LogP contribution in [-0.4, -0.2) is 46.6 Å². The Bertz CT molecular complexity index is 664. The Morgan fingerprint density at radius 2 is 1.91 bits per heavy atom. The molecule has 0 spiro atoms. The van der Waals surface area contributed by atoms with Crippen LogP contribution in [0.15, 0.2) is 24.3 Å². The van der Waals surface area contributed by atoms with E-state index in [1.165, 1.54) is 16.8 Å². The third kappa shape index (κ3) is 3.32. The van der Waals surface area contributed by atoms with Gasteiger partial charge < -0.3 is 9.84 Å². The molecule has 5 heteroatoms. The van der Waals surface area contributed by atoms with Crippen LogP contribution < -0.4 is 0 Å². The predicted octanol–water partition coefficient (Wildman–Crippen LogP) is 2.04. The number of ether oxygens (including phenoxy) is 1. The molecule has 0 saturated carbocycles. The zero-order valence-corrected chi connectivity index (χ0v) is 14.1. The van der Waals surface area contributed by atoms with Crippen LogP contribution in [0.4, 0.5) is 0 Å². The Kier molecular flexibility index (Phi) is 4.80. The number of aromatic nitrogens is 2. The molecule has 3 rings (SSSR count). The quantitative estimate of drug-likeness (QED) is 0.938. The van der Waals surface area contributed by atoms with E-state index in [1.54, 1.807) is 0 Å². The van der Waals surface area contributed by atoms with E-state index in [0.29, 0.717) is 0 Å². The summed E-state index contributed by atoms with van der Waals surface area (Å²) in [4.78, 5) is 2.35. The van der Waals surface area contributed by atoms with Crippen LogP contribution in [0.3, 0.4) is 0 Å². The second-order valence-corrected chi connectivity index (χ2v) is 6.29. The fourth-order valence-corrected chi connectivity index (χ4v) is 3.26. The van der Waals surface area contributed by atoms with Crippen molar-refractivity contribution in [3.05, 3.63) is 52.3 Å². The van der Waals surface area contributed by atoms with Crippen molar-refractivity contribution in [1.29, 1.82) is 0 Å². The highest BCUT2D eigenvalue weighted by Crippen LogP contribution is 2.28. The minimum Gasteiger partial charge on any atom is -0.392 e. The van der Waals surface area contributed by atoms with E-state index in [1.807, 2.05) is 12.1 Å².